The standard InChI is InChI=1S/C25H22N2O10/c1-10(2)7-14(23(33)27-15-9-12-4-6-17(29)19(31)21(12)37-25(15)35)26-22(32)13-8-11-3-5-16(28)18(30)20(11)36-24(13)34/h3-6,8-10,14,28-31H,7H2,1-2H3,(H,26,32)(H,27,33). The van der Waals surface area contributed by atoms with Crippen LogP contribution in [-0.4, -0.2) is 38.3 Å². The molecule has 0 saturated heterocycles. The average molecular weight is 510 g/mol. The summed E-state index contributed by atoms with van der Waals surface area (Å²) in [5.41, 5.74) is -3.40. The molecule has 6 N–H and O–H groups in total. The average Bonchev–Trinajstić information content (AvgIpc) is 2.84. The lowest BCUT2D eigenvalue weighted by Crippen LogP contribution is -2.46. The Labute approximate surface area is 207 Å². The number of fused-ring (bicyclic) bond motifs is 2. The van der Waals surface area contributed by atoms with E-state index in [1.807, 2.05) is 0 Å². The fraction of sp³-hybridized carbons (Fsp3) is 0.200. The van der Waals surface area contributed by atoms with Crippen LogP contribution in [-0.2, 0) is 4.79 Å². The van der Waals surface area contributed by atoms with Crippen molar-refractivity contribution < 1.29 is 38.8 Å². The van der Waals surface area contributed by atoms with Crippen molar-refractivity contribution in [3.8, 4) is 23.0 Å². The fourth-order valence-electron chi connectivity index (χ4n) is 3.72. The summed E-state index contributed by atoms with van der Waals surface area (Å²) in [4.78, 5) is 50.8. The highest BCUT2D eigenvalue weighted by Gasteiger charge is 2.26. The molecule has 4 rings (SSSR count). The van der Waals surface area contributed by atoms with Gasteiger partial charge in [-0.05, 0) is 48.7 Å². The summed E-state index contributed by atoms with van der Waals surface area (Å²) in [7, 11) is 0. The van der Waals surface area contributed by atoms with Gasteiger partial charge in [0.05, 0.1) is 0 Å². The van der Waals surface area contributed by atoms with E-state index < -0.39 is 57.7 Å². The maximum Gasteiger partial charge on any atom is 0.360 e. The molecule has 2 aromatic carbocycles. The fourth-order valence-corrected chi connectivity index (χ4v) is 3.72. The van der Waals surface area contributed by atoms with Gasteiger partial charge in [-0.25, -0.2) is 9.59 Å². The van der Waals surface area contributed by atoms with E-state index in [9.17, 15) is 39.6 Å². The molecule has 1 atom stereocenters. The number of benzene rings is 2. The molecular formula is C25H22N2O10. The van der Waals surface area contributed by atoms with Crippen molar-refractivity contribution in [3.63, 3.8) is 0 Å². The van der Waals surface area contributed by atoms with Crippen molar-refractivity contribution in [2.24, 2.45) is 5.92 Å². The van der Waals surface area contributed by atoms with Gasteiger partial charge in [0.15, 0.2) is 22.7 Å². The van der Waals surface area contributed by atoms with Gasteiger partial charge < -0.3 is 39.9 Å². The molecule has 37 heavy (non-hydrogen) atoms. The number of hydrogen-bond donors (Lipinski definition) is 6. The van der Waals surface area contributed by atoms with Gasteiger partial charge in [0, 0.05) is 10.8 Å². The van der Waals surface area contributed by atoms with Crippen molar-refractivity contribution in [3.05, 3.63) is 62.8 Å². The van der Waals surface area contributed by atoms with Crippen LogP contribution in [0.25, 0.3) is 21.9 Å². The number of carbonyl (C=O) groups excluding carboxylic acids is 2. The Morgan fingerprint density at radius 1 is 0.838 bits per heavy atom. The lowest BCUT2D eigenvalue weighted by molar-refractivity contribution is -0.118. The van der Waals surface area contributed by atoms with Crippen molar-refractivity contribution in [1.82, 2.24) is 5.32 Å². The van der Waals surface area contributed by atoms with Crippen molar-refractivity contribution >= 4 is 39.4 Å². The maximum absolute atomic E-state index is 13.0. The number of nitrogens with one attached hydrogen (secondary N) is 2. The van der Waals surface area contributed by atoms with E-state index in [0.29, 0.717) is 0 Å². The second-order valence-electron chi connectivity index (χ2n) is 8.74. The summed E-state index contributed by atoms with van der Waals surface area (Å²) in [6, 6.07) is 6.25. The Morgan fingerprint density at radius 3 is 1.95 bits per heavy atom. The minimum Gasteiger partial charge on any atom is -0.504 e. The van der Waals surface area contributed by atoms with E-state index >= 15 is 0 Å². The van der Waals surface area contributed by atoms with Crippen molar-refractivity contribution in [2.75, 3.05) is 5.32 Å². The normalized spacial score (nSPS) is 12.1. The lowest BCUT2D eigenvalue weighted by atomic mass is 10.0. The van der Waals surface area contributed by atoms with Gasteiger partial charge in [-0.1, -0.05) is 13.8 Å². The van der Waals surface area contributed by atoms with Crippen LogP contribution < -0.4 is 21.9 Å². The number of hydrogen-bond acceptors (Lipinski definition) is 10. The number of amides is 2. The molecule has 0 fully saturated rings. The molecule has 2 heterocycles. The first-order valence-electron chi connectivity index (χ1n) is 11.1. The molecule has 0 aliphatic rings. The largest absolute Gasteiger partial charge is 0.504 e. The van der Waals surface area contributed by atoms with Crippen LogP contribution in [0.15, 0.2) is 54.8 Å². The van der Waals surface area contributed by atoms with Crippen molar-refractivity contribution in [2.45, 2.75) is 26.3 Å². The van der Waals surface area contributed by atoms with Crippen LogP contribution in [0.5, 0.6) is 23.0 Å². The molecule has 0 spiro atoms. The highest BCUT2D eigenvalue weighted by atomic mass is 16.4. The molecule has 0 saturated carbocycles. The molecule has 12 nitrogen and oxygen atoms in total. The molecule has 2 aromatic heterocycles. The van der Waals surface area contributed by atoms with E-state index in [1.54, 1.807) is 13.8 Å². The zero-order valence-electron chi connectivity index (χ0n) is 19.6. The number of phenols is 4. The summed E-state index contributed by atoms with van der Waals surface area (Å²) in [5, 5.41) is 44.2. The van der Waals surface area contributed by atoms with Gasteiger partial charge in [0.2, 0.25) is 17.4 Å². The molecule has 0 aliphatic heterocycles. The number of aromatic hydroxyl groups is 4. The van der Waals surface area contributed by atoms with Crippen molar-refractivity contribution in [1.29, 1.82) is 0 Å². The molecule has 0 radical (unpaired) electrons. The quantitative estimate of drug-likeness (QED) is 0.165. The maximum atomic E-state index is 13.0. The van der Waals surface area contributed by atoms with E-state index in [4.69, 9.17) is 8.83 Å². The zero-order valence-corrected chi connectivity index (χ0v) is 19.6. The molecular weight excluding hydrogens is 488 g/mol. The van der Waals surface area contributed by atoms with Crippen LogP contribution in [0.1, 0.15) is 30.6 Å². The topological polar surface area (TPSA) is 200 Å². The predicted octanol–water partition coefficient (Wildman–Crippen LogP) is 2.51. The number of anilines is 1. The van der Waals surface area contributed by atoms with Crippen LogP contribution in [0.4, 0.5) is 5.69 Å². The molecule has 192 valence electrons. The van der Waals surface area contributed by atoms with Crippen LogP contribution in [0, 0.1) is 5.92 Å². The zero-order chi connectivity index (χ0) is 27.0. The van der Waals surface area contributed by atoms with E-state index in [1.165, 1.54) is 24.3 Å². The first-order valence-corrected chi connectivity index (χ1v) is 11.1. The minimum absolute atomic E-state index is 0.0862. The van der Waals surface area contributed by atoms with Crippen LogP contribution in [0.2, 0.25) is 0 Å². The number of rotatable bonds is 6. The number of carbonyl (C=O) groups is 2. The van der Waals surface area contributed by atoms with Gasteiger partial charge in [-0.3, -0.25) is 9.59 Å². The summed E-state index contributed by atoms with van der Waals surface area (Å²) >= 11 is 0. The third-order valence-corrected chi connectivity index (χ3v) is 5.54. The Morgan fingerprint density at radius 2 is 1.38 bits per heavy atom. The first kappa shape index (κ1) is 25.1. The second kappa shape index (κ2) is 9.57. The molecule has 0 aliphatic carbocycles. The SMILES string of the molecule is CC(C)CC(NC(=O)c1cc2ccc(O)c(O)c2oc1=O)C(=O)Nc1cc2ccc(O)c(O)c2oc1=O. The highest BCUT2D eigenvalue weighted by molar-refractivity contribution is 6.03. The molecule has 0 bridgehead atoms. The first-order chi connectivity index (χ1) is 17.5. The smallest absolute Gasteiger partial charge is 0.360 e. The second-order valence-corrected chi connectivity index (χ2v) is 8.74. The number of phenolic OH excluding ortho intramolecular Hbond substituents is 4. The highest BCUT2D eigenvalue weighted by Crippen LogP contribution is 2.34. The van der Waals surface area contributed by atoms with Gasteiger partial charge >= 0.3 is 11.3 Å². The third-order valence-electron chi connectivity index (χ3n) is 5.54. The summed E-state index contributed by atoms with van der Waals surface area (Å²) in [6.45, 7) is 3.59. The van der Waals surface area contributed by atoms with E-state index in [0.717, 1.165) is 12.1 Å². The molecule has 2 amide bonds. The van der Waals surface area contributed by atoms with E-state index in [2.05, 4.69) is 10.6 Å². The minimum atomic E-state index is -1.18. The van der Waals surface area contributed by atoms with Crippen LogP contribution >= 0.6 is 0 Å². The Bertz CT molecular complexity index is 1670. The third kappa shape index (κ3) is 4.89. The van der Waals surface area contributed by atoms with E-state index in [-0.39, 0.29) is 40.0 Å². The van der Waals surface area contributed by atoms with Crippen LogP contribution in [0.3, 0.4) is 0 Å². The van der Waals surface area contributed by atoms with Gasteiger partial charge in [0.25, 0.3) is 5.91 Å². The van der Waals surface area contributed by atoms with Gasteiger partial charge in [0.1, 0.15) is 17.3 Å². The molecule has 1 unspecified atom stereocenters. The van der Waals surface area contributed by atoms with Gasteiger partial charge in [-0.15, -0.1) is 0 Å². The summed E-state index contributed by atoms with van der Waals surface area (Å²) in [5.74, 6) is -4.08. The summed E-state index contributed by atoms with van der Waals surface area (Å²) < 4.78 is 10.0. The Balaban J connectivity index is 1.62. The predicted molar refractivity (Wildman–Crippen MR) is 131 cm³/mol. The van der Waals surface area contributed by atoms with Gasteiger partial charge in [-0.2, -0.15) is 0 Å². The Hall–Kier alpha value is -5.00. The monoisotopic (exact) mass is 510 g/mol. The summed E-state index contributed by atoms with van der Waals surface area (Å²) in [6.07, 6.45) is 0.138. The molecule has 12 heteroatoms. The lowest BCUT2D eigenvalue weighted by Gasteiger charge is -2.20. The Kier molecular flexibility index (Phi) is 6.49. The molecule has 4 aromatic rings.